The van der Waals surface area contributed by atoms with Gasteiger partial charge in [-0.1, -0.05) is 85.5 Å². The van der Waals surface area contributed by atoms with Crippen molar-refractivity contribution in [1.29, 1.82) is 0 Å². The van der Waals surface area contributed by atoms with Crippen molar-refractivity contribution < 1.29 is 77.0 Å². The number of carbonyl (C=O) groups excluding carboxylic acids is 6. The third kappa shape index (κ3) is 18.1. The van der Waals surface area contributed by atoms with Gasteiger partial charge >= 0.3 is 47.8 Å². The Labute approximate surface area is 759 Å². The number of anilines is 2. The van der Waals surface area contributed by atoms with E-state index in [4.69, 9.17) is 60.0 Å². The van der Waals surface area contributed by atoms with Gasteiger partial charge < -0.3 is 63.9 Å². The maximum Gasteiger partial charge on any atom is 0.334 e. The van der Waals surface area contributed by atoms with Crippen molar-refractivity contribution in [1.82, 2.24) is 55.1 Å². The molecule has 0 radical (unpaired) electrons. The fourth-order valence-corrected chi connectivity index (χ4v) is 18.2. The molecule has 670 valence electrons. The zero-order chi connectivity index (χ0) is 93.8. The molecule has 6 aliphatic rings. The normalized spacial score (nSPS) is 16.4. The summed E-state index contributed by atoms with van der Waals surface area (Å²) in [7, 11) is 7.78. The Morgan fingerprint density at radius 2 is 0.870 bits per heavy atom. The maximum atomic E-state index is 13.7. The summed E-state index contributed by atoms with van der Waals surface area (Å²) in [5.74, 6) is -6.61. The molecular weight excluding hydrogens is 1680 g/mol. The molecule has 2 aromatic carbocycles. The van der Waals surface area contributed by atoms with E-state index in [-0.39, 0.29) is 61.6 Å². The van der Waals surface area contributed by atoms with E-state index in [0.29, 0.717) is 96.6 Å². The molecular formula is C102H99ClN12O16. The standard InChI is InChI=1S/2C41H42N4O8.C20H15ClN4/c1-9-23-20(2)29-17-34-27-13-10-26(39(49)52-7)38(40(50)53-8)41(27,5)35(45-34)19-30-22(4)24(11-14-36(46)47)32(44-30)18-33-25(12-15-37(48)51-6)21(3)28(43-33)16-31(23)42-29;1-9-23-20(2)29-17-34-27-13-10-26(39(49)52-7)38(40(50)53-8)41(27,5)35(45-34)19-30-22(4)25(12-15-37(48)51-6)33(44-30)18-32-24(11-14-36(46)47)21(3)28(43-32)16-31(23)42-29;21-15-5-7-16(8-6-15)23-20-18-4-2-1-3-17(18)19(24-25-20)13-14-9-11-22-12-10-14/h2*9-10,13,16-19,38,42,44H,1,11-12,14-15H2,2-8H3,(H,46,47);1-12H,13H2,(H,23,25)/t2*38-,41+;/m00./s1. The number of methoxy groups -OCH3 is 6. The first-order valence-electron chi connectivity index (χ1n) is 42.4. The van der Waals surface area contributed by atoms with Gasteiger partial charge in [0.25, 0.3) is 0 Å². The number of rotatable bonds is 22. The van der Waals surface area contributed by atoms with Crippen molar-refractivity contribution >= 4 is 171 Å². The highest BCUT2D eigenvalue weighted by molar-refractivity contribution is 6.30. The van der Waals surface area contributed by atoms with Crippen LogP contribution in [0.3, 0.4) is 0 Å². The largest absolute Gasteiger partial charge is 0.481 e. The summed E-state index contributed by atoms with van der Waals surface area (Å²) in [6.45, 7) is 23.6. The number of aliphatic carboxylic acids is 2. The zero-order valence-corrected chi connectivity index (χ0v) is 75.8. The van der Waals surface area contributed by atoms with Crippen molar-refractivity contribution in [2.75, 3.05) is 48.0 Å². The molecule has 28 nitrogen and oxygen atoms in total. The van der Waals surface area contributed by atoms with E-state index in [9.17, 15) is 48.6 Å². The highest BCUT2D eigenvalue weighted by atomic mass is 35.5. The Bertz CT molecular complexity index is 7020. The molecule has 131 heavy (non-hydrogen) atoms. The van der Waals surface area contributed by atoms with Crippen molar-refractivity contribution in [3.63, 3.8) is 0 Å². The van der Waals surface area contributed by atoms with Gasteiger partial charge in [-0.2, -0.15) is 5.10 Å². The Hall–Kier alpha value is -15.1. The number of hydrogen-bond donors (Lipinski definition) is 7. The predicted molar refractivity (Wildman–Crippen MR) is 504 cm³/mol. The van der Waals surface area contributed by atoms with Crippen LogP contribution in [0.5, 0.6) is 0 Å². The first-order valence-corrected chi connectivity index (χ1v) is 42.8. The second-order valence-electron chi connectivity index (χ2n) is 32.7. The summed E-state index contributed by atoms with van der Waals surface area (Å²) in [5.41, 5.74) is 22.9. The average Bonchev–Trinajstić information content (AvgIpc) is 1.57. The smallest absolute Gasteiger partial charge is 0.334 e. The van der Waals surface area contributed by atoms with E-state index in [1.807, 2.05) is 152 Å². The Kier molecular flexibility index (Phi) is 27.1. The molecule has 16 bridgehead atoms. The molecule has 0 saturated heterocycles. The number of halogens is 1. The van der Waals surface area contributed by atoms with E-state index >= 15 is 0 Å². The van der Waals surface area contributed by atoms with Gasteiger partial charge in [0, 0.05) is 121 Å². The monoisotopic (exact) mass is 1780 g/mol. The molecule has 16 rings (SSSR count). The number of allylic oxidation sites excluding steroid dienone is 10. The summed E-state index contributed by atoms with van der Waals surface area (Å²) in [6, 6.07) is 34.9. The van der Waals surface area contributed by atoms with Crippen molar-refractivity contribution in [3.8, 4) is 0 Å². The van der Waals surface area contributed by atoms with Crippen LogP contribution in [-0.4, -0.2) is 156 Å². The van der Waals surface area contributed by atoms with Crippen LogP contribution in [0.1, 0.15) is 168 Å². The number of aromatic amines is 4. The second kappa shape index (κ2) is 38.5. The molecule has 0 amide bonds. The van der Waals surface area contributed by atoms with Gasteiger partial charge in [0.15, 0.2) is 5.82 Å². The second-order valence-corrected chi connectivity index (χ2v) is 33.2. The van der Waals surface area contributed by atoms with Crippen molar-refractivity contribution in [2.24, 2.45) is 11.8 Å². The summed E-state index contributed by atoms with van der Waals surface area (Å²) in [4.78, 5) is 140. The third-order valence-corrected chi connectivity index (χ3v) is 25.7. The number of benzene rings is 2. The first kappa shape index (κ1) is 92.1. The number of fused-ring (bicyclic) bond motifs is 23. The van der Waals surface area contributed by atoms with Crippen LogP contribution in [0.25, 0.3) is 100 Å². The third-order valence-electron chi connectivity index (χ3n) is 25.4. The molecule has 4 aliphatic heterocycles. The Morgan fingerprint density at radius 1 is 0.458 bits per heavy atom. The van der Waals surface area contributed by atoms with Crippen LogP contribution >= 0.6 is 11.6 Å². The summed E-state index contributed by atoms with van der Waals surface area (Å²) in [5, 5.41) is 34.3. The quantitative estimate of drug-likeness (QED) is 0.0245. The number of H-pyrrole nitrogens is 4. The average molecular weight is 1780 g/mol. The van der Waals surface area contributed by atoms with Crippen LogP contribution < -0.4 is 5.32 Å². The molecule has 2 aliphatic carbocycles. The number of carboxylic acids is 2. The molecule has 29 heteroatoms. The zero-order valence-electron chi connectivity index (χ0n) is 75.1. The van der Waals surface area contributed by atoms with Gasteiger partial charge in [-0.3, -0.25) is 43.7 Å². The molecule has 8 aromatic heterocycles. The number of nitrogens with one attached hydrogen (secondary N) is 5. The molecule has 0 unspecified atom stereocenters. The van der Waals surface area contributed by atoms with Gasteiger partial charge in [0.2, 0.25) is 0 Å². The number of aromatic nitrogens is 11. The van der Waals surface area contributed by atoms with Gasteiger partial charge in [0.05, 0.1) is 116 Å². The highest BCUT2D eigenvalue weighted by Crippen LogP contribution is 2.55. The predicted octanol–water partition coefficient (Wildman–Crippen LogP) is 18.5. The Morgan fingerprint density at radius 3 is 1.31 bits per heavy atom. The van der Waals surface area contributed by atoms with E-state index in [2.05, 4.69) is 65.7 Å². The lowest BCUT2D eigenvalue weighted by atomic mass is 9.64. The molecule has 0 fully saturated rings. The van der Waals surface area contributed by atoms with Crippen molar-refractivity contribution in [2.45, 2.75) is 124 Å². The van der Waals surface area contributed by atoms with E-state index in [1.165, 1.54) is 42.7 Å². The van der Waals surface area contributed by atoms with Gasteiger partial charge in [-0.25, -0.2) is 19.6 Å². The fourth-order valence-electron chi connectivity index (χ4n) is 18.1. The Balaban J connectivity index is 0.000000168. The number of esters is 6. The van der Waals surface area contributed by atoms with Gasteiger partial charge in [-0.05, 0) is 238 Å². The minimum atomic E-state index is -1.18. The fraction of sp³-hybridized carbons (Fsp3) is 0.265. The maximum absolute atomic E-state index is 13.7. The lowest BCUT2D eigenvalue weighted by molar-refractivity contribution is -0.149. The van der Waals surface area contributed by atoms with E-state index in [0.717, 1.165) is 129 Å². The highest BCUT2D eigenvalue weighted by Gasteiger charge is 2.55. The number of ether oxygens (including phenoxy) is 6. The van der Waals surface area contributed by atoms with Crippen LogP contribution in [0, 0.1) is 39.5 Å². The number of carboxylic acid groups (broad SMARTS) is 2. The summed E-state index contributed by atoms with van der Waals surface area (Å²) in [6.07, 6.45) is 15.9. The van der Waals surface area contributed by atoms with Crippen LogP contribution in [0.4, 0.5) is 11.5 Å². The number of aryl methyl sites for hydroxylation is 6. The minimum Gasteiger partial charge on any atom is -0.481 e. The minimum absolute atomic E-state index is 0.0837. The van der Waals surface area contributed by atoms with E-state index in [1.54, 1.807) is 48.8 Å². The van der Waals surface area contributed by atoms with Crippen LogP contribution in [-0.2, 0) is 96.9 Å². The SMILES string of the molecule is C=Cc1c(C)c2cc3nc(cc4[nH]c(cc5nc(cc1[nH]2)C(C)=C5CCC(=O)O)c(CCC(=O)OC)c4C)[C@@]1(C)C3=CC=C(C(=O)OC)[C@H]1C(=O)OC.C=Cc1c(C)c2cc3nc(cc4[nH]c(cc5nc(cc1[nH]2)C(C)=C5CCC(=O)OC)c(CCC(=O)O)c4C)[C@@]1(C)C3=CC=C(C(=O)OC)[C@H]1C(=O)OC.Clc1ccc(Nc2nnc(Cc3ccncc3)c3ccccc23)cc1. The van der Waals surface area contributed by atoms with Gasteiger partial charge in [0.1, 0.15) is 11.8 Å². The first-order chi connectivity index (χ1) is 62.8. The molecule has 4 atom stereocenters. The van der Waals surface area contributed by atoms with Crippen LogP contribution in [0.2, 0.25) is 5.02 Å². The lowest BCUT2D eigenvalue weighted by Gasteiger charge is -2.36. The molecule has 12 heterocycles. The summed E-state index contributed by atoms with van der Waals surface area (Å²) >= 11 is 5.95. The number of carbonyl (C=O) groups is 8. The topological polar surface area (TPSA) is 398 Å². The van der Waals surface area contributed by atoms with Gasteiger partial charge in [-0.15, -0.1) is 5.10 Å². The molecule has 0 saturated carbocycles. The molecule has 7 N–H and O–H groups in total. The molecule has 0 spiro atoms. The number of hydrogen-bond acceptors (Lipinski definition) is 22. The lowest BCUT2D eigenvalue weighted by Crippen LogP contribution is -2.42. The molecule has 10 aromatic rings. The van der Waals surface area contributed by atoms with Crippen molar-refractivity contribution in [3.05, 3.63) is 277 Å². The number of nitrogens with zero attached hydrogens (tertiary/aromatic N) is 7. The van der Waals surface area contributed by atoms with Crippen LogP contribution in [0.15, 0.2) is 170 Å². The van der Waals surface area contributed by atoms with E-state index < -0.39 is 58.5 Å². The summed E-state index contributed by atoms with van der Waals surface area (Å²) < 4.78 is 30.7. The number of pyridine rings is 1.